The molecule has 1 fully saturated rings. The summed E-state index contributed by atoms with van der Waals surface area (Å²) in [4.78, 5) is 0. The first kappa shape index (κ1) is 18.9. The molecule has 0 spiro atoms. The Morgan fingerprint density at radius 3 is 2.52 bits per heavy atom. The van der Waals surface area contributed by atoms with Gasteiger partial charge in [-0.2, -0.15) is 17.0 Å². The summed E-state index contributed by atoms with van der Waals surface area (Å²) in [5.41, 5.74) is 0. The van der Waals surface area contributed by atoms with E-state index in [0.717, 1.165) is 25.8 Å². The van der Waals surface area contributed by atoms with Gasteiger partial charge in [0.2, 0.25) is 0 Å². The minimum absolute atomic E-state index is 0.425. The van der Waals surface area contributed by atoms with Crippen LogP contribution < -0.4 is 5.32 Å². The van der Waals surface area contributed by atoms with E-state index >= 15 is 0 Å². The zero-order valence-electron chi connectivity index (χ0n) is 14.3. The fraction of sp³-hybridized carbons (Fsp3) is 1.00. The normalized spacial score (nSPS) is 21.6. The second-order valence-electron chi connectivity index (χ2n) is 6.94. The minimum Gasteiger partial charge on any atom is -0.314 e. The van der Waals surface area contributed by atoms with E-state index in [1.807, 2.05) is 0 Å². The van der Waals surface area contributed by atoms with Gasteiger partial charge >= 0.3 is 0 Å². The molecule has 1 rings (SSSR count). The zero-order valence-corrected chi connectivity index (χ0v) is 15.1. The lowest BCUT2D eigenvalue weighted by Crippen LogP contribution is -2.48. The van der Waals surface area contributed by atoms with Crippen molar-refractivity contribution >= 4 is 10.2 Å². The van der Waals surface area contributed by atoms with Gasteiger partial charge in [0.15, 0.2) is 0 Å². The lowest BCUT2D eigenvalue weighted by Gasteiger charge is -2.35. The van der Waals surface area contributed by atoms with Gasteiger partial charge in [0.25, 0.3) is 10.2 Å². The summed E-state index contributed by atoms with van der Waals surface area (Å²) in [6.07, 6.45) is 2.98. The predicted octanol–water partition coefficient (Wildman–Crippen LogP) is 1.92. The van der Waals surface area contributed by atoms with Crippen molar-refractivity contribution in [3.63, 3.8) is 0 Å². The lowest BCUT2D eigenvalue weighted by molar-refractivity contribution is 0.242. The standard InChI is InChI=1S/C15H33N3O2S/c1-13(2)8-10-17(5)21(19,20)18-9-6-7-15(12-18)11-16-14(3)4/h13-16H,6-12H2,1-5H3. The van der Waals surface area contributed by atoms with E-state index in [9.17, 15) is 8.42 Å². The van der Waals surface area contributed by atoms with Crippen molar-refractivity contribution in [2.45, 2.75) is 53.0 Å². The summed E-state index contributed by atoms with van der Waals surface area (Å²) in [5.74, 6) is 0.946. The first-order valence-electron chi connectivity index (χ1n) is 8.18. The Morgan fingerprint density at radius 1 is 1.29 bits per heavy atom. The van der Waals surface area contributed by atoms with Gasteiger partial charge in [0.1, 0.15) is 0 Å². The van der Waals surface area contributed by atoms with Gasteiger partial charge in [-0.25, -0.2) is 0 Å². The van der Waals surface area contributed by atoms with Gasteiger partial charge in [-0.05, 0) is 37.6 Å². The molecule has 0 bridgehead atoms. The molecule has 1 heterocycles. The van der Waals surface area contributed by atoms with Crippen molar-refractivity contribution in [1.82, 2.24) is 13.9 Å². The van der Waals surface area contributed by atoms with Crippen LogP contribution in [0.1, 0.15) is 47.0 Å². The van der Waals surface area contributed by atoms with E-state index in [1.54, 1.807) is 11.4 Å². The quantitative estimate of drug-likeness (QED) is 0.743. The molecule has 1 aliphatic heterocycles. The highest BCUT2D eigenvalue weighted by Crippen LogP contribution is 2.20. The third kappa shape index (κ3) is 6.22. The summed E-state index contributed by atoms with van der Waals surface area (Å²) >= 11 is 0. The number of piperidine rings is 1. The molecule has 5 nitrogen and oxygen atoms in total. The monoisotopic (exact) mass is 319 g/mol. The average Bonchev–Trinajstić information content (AvgIpc) is 2.42. The van der Waals surface area contributed by atoms with Gasteiger partial charge in [-0.15, -0.1) is 0 Å². The van der Waals surface area contributed by atoms with E-state index in [1.165, 1.54) is 4.31 Å². The number of rotatable bonds is 8. The molecule has 0 aromatic heterocycles. The molecular formula is C15H33N3O2S. The Morgan fingerprint density at radius 2 is 1.95 bits per heavy atom. The molecule has 0 aliphatic carbocycles. The molecule has 1 atom stereocenters. The van der Waals surface area contributed by atoms with E-state index < -0.39 is 10.2 Å². The fourth-order valence-corrected chi connectivity index (χ4v) is 4.05. The number of hydrogen-bond donors (Lipinski definition) is 1. The highest BCUT2D eigenvalue weighted by atomic mass is 32.2. The molecule has 0 aromatic carbocycles. The highest BCUT2D eigenvalue weighted by molar-refractivity contribution is 7.86. The van der Waals surface area contributed by atoms with E-state index in [-0.39, 0.29) is 0 Å². The molecule has 1 N–H and O–H groups in total. The maximum Gasteiger partial charge on any atom is 0.281 e. The van der Waals surface area contributed by atoms with Crippen LogP contribution in [-0.4, -0.2) is 56.3 Å². The Balaban J connectivity index is 2.57. The molecule has 0 radical (unpaired) electrons. The number of hydrogen-bond acceptors (Lipinski definition) is 3. The van der Waals surface area contributed by atoms with Crippen LogP contribution in [0.5, 0.6) is 0 Å². The Bertz CT molecular complexity index is 396. The van der Waals surface area contributed by atoms with E-state index in [4.69, 9.17) is 0 Å². The maximum absolute atomic E-state index is 12.6. The topological polar surface area (TPSA) is 52.7 Å². The largest absolute Gasteiger partial charge is 0.314 e. The number of nitrogens with zero attached hydrogens (tertiary/aromatic N) is 2. The van der Waals surface area contributed by atoms with Crippen molar-refractivity contribution in [2.24, 2.45) is 11.8 Å². The van der Waals surface area contributed by atoms with E-state index in [2.05, 4.69) is 33.0 Å². The molecule has 6 heteroatoms. The van der Waals surface area contributed by atoms with Crippen LogP contribution >= 0.6 is 0 Å². The third-order valence-electron chi connectivity index (χ3n) is 4.04. The Kier molecular flexibility index (Phi) is 7.60. The first-order valence-corrected chi connectivity index (χ1v) is 9.58. The molecular weight excluding hydrogens is 286 g/mol. The molecule has 21 heavy (non-hydrogen) atoms. The molecule has 0 aromatic rings. The Labute approximate surface area is 131 Å². The maximum atomic E-state index is 12.6. The fourth-order valence-electron chi connectivity index (χ4n) is 2.56. The van der Waals surface area contributed by atoms with Crippen molar-refractivity contribution in [3.05, 3.63) is 0 Å². The van der Waals surface area contributed by atoms with Gasteiger partial charge in [0.05, 0.1) is 0 Å². The van der Waals surface area contributed by atoms with Crippen LogP contribution in [0.3, 0.4) is 0 Å². The van der Waals surface area contributed by atoms with Crippen LogP contribution in [-0.2, 0) is 10.2 Å². The van der Waals surface area contributed by atoms with Crippen LogP contribution in [0, 0.1) is 11.8 Å². The average molecular weight is 320 g/mol. The molecule has 1 saturated heterocycles. The van der Waals surface area contributed by atoms with Crippen molar-refractivity contribution in [1.29, 1.82) is 0 Å². The summed E-state index contributed by atoms with van der Waals surface area (Å²) in [6.45, 7) is 11.3. The smallest absolute Gasteiger partial charge is 0.281 e. The van der Waals surface area contributed by atoms with Crippen LogP contribution in [0.15, 0.2) is 0 Å². The highest BCUT2D eigenvalue weighted by Gasteiger charge is 2.31. The Hall–Kier alpha value is -0.170. The summed E-state index contributed by atoms with van der Waals surface area (Å²) in [6, 6.07) is 0.450. The van der Waals surface area contributed by atoms with Gasteiger partial charge < -0.3 is 5.32 Å². The molecule has 1 aliphatic rings. The predicted molar refractivity (Wildman–Crippen MR) is 88.4 cm³/mol. The van der Waals surface area contributed by atoms with Gasteiger partial charge in [-0.1, -0.05) is 27.7 Å². The SMILES string of the molecule is CC(C)CCN(C)S(=O)(=O)N1CCCC(CNC(C)C)C1. The molecule has 1 unspecified atom stereocenters. The lowest BCUT2D eigenvalue weighted by atomic mass is 9.99. The van der Waals surface area contributed by atoms with Crippen LogP contribution in [0.25, 0.3) is 0 Å². The first-order chi connectivity index (χ1) is 9.73. The number of nitrogens with one attached hydrogen (secondary N) is 1. The molecule has 126 valence electrons. The summed E-state index contributed by atoms with van der Waals surface area (Å²) < 4.78 is 28.4. The zero-order chi connectivity index (χ0) is 16.0. The van der Waals surface area contributed by atoms with Gasteiger partial charge in [-0.3, -0.25) is 0 Å². The van der Waals surface area contributed by atoms with E-state index in [0.29, 0.717) is 37.5 Å². The van der Waals surface area contributed by atoms with Crippen LogP contribution in [0.2, 0.25) is 0 Å². The van der Waals surface area contributed by atoms with Crippen molar-refractivity contribution < 1.29 is 8.42 Å². The molecule has 0 saturated carbocycles. The second-order valence-corrected chi connectivity index (χ2v) is 8.98. The van der Waals surface area contributed by atoms with Crippen molar-refractivity contribution in [3.8, 4) is 0 Å². The minimum atomic E-state index is -3.29. The summed E-state index contributed by atoms with van der Waals surface area (Å²) in [7, 11) is -1.59. The second kappa shape index (κ2) is 8.46. The summed E-state index contributed by atoms with van der Waals surface area (Å²) in [5, 5.41) is 3.42. The van der Waals surface area contributed by atoms with Crippen LogP contribution in [0.4, 0.5) is 0 Å². The van der Waals surface area contributed by atoms with Gasteiger partial charge in [0, 0.05) is 32.7 Å². The van der Waals surface area contributed by atoms with Crippen molar-refractivity contribution in [2.75, 3.05) is 33.2 Å². The third-order valence-corrected chi connectivity index (χ3v) is 5.99. The molecule has 0 amide bonds.